The quantitative estimate of drug-likeness (QED) is 0.696. The van der Waals surface area contributed by atoms with Gasteiger partial charge in [-0.3, -0.25) is 4.90 Å². The molecule has 0 radical (unpaired) electrons. The predicted octanol–water partition coefficient (Wildman–Crippen LogP) is 3.43. The molecule has 0 aromatic carbocycles. The molecule has 2 fully saturated rings. The lowest BCUT2D eigenvalue weighted by Gasteiger charge is -2.32. The molecule has 0 saturated carbocycles. The Kier molecular flexibility index (Phi) is 7.44. The minimum absolute atomic E-state index is 0.0339. The van der Waals surface area contributed by atoms with Crippen LogP contribution in [0.25, 0.3) is 0 Å². The van der Waals surface area contributed by atoms with Gasteiger partial charge in [0.1, 0.15) is 12.2 Å². The SMILES string of the molecule is Cc1ncsc1CN1C[C@H](Oc2ncccc2F)[C@H]2OCCC[C@H]21.O=C(O)C(F)(F)F. The summed E-state index contributed by atoms with van der Waals surface area (Å²) in [6.45, 7) is 4.32. The molecule has 2 aromatic heterocycles. The average molecular weight is 463 g/mol. The molecule has 2 aliphatic rings. The number of aromatic nitrogens is 2. The van der Waals surface area contributed by atoms with Crippen LogP contribution in [-0.2, 0) is 16.1 Å². The molecule has 2 aromatic rings. The van der Waals surface area contributed by atoms with E-state index in [1.807, 2.05) is 12.4 Å². The standard InChI is InChI=1S/C17H20FN3O2S.C2HF3O2/c1-11-15(24-10-20-11)9-21-8-14(16-13(21)5-3-7-22-16)23-17-12(18)4-2-6-19-17;3-2(4,5)1(6)7/h2,4,6,10,13-14,16H,3,5,7-9H2,1H3;(H,6,7)/t13-,14+,16+;/m1./s1. The number of ether oxygens (including phenoxy) is 2. The molecule has 1 N–H and O–H groups in total. The molecular weight excluding hydrogens is 442 g/mol. The van der Waals surface area contributed by atoms with Gasteiger partial charge in [0.25, 0.3) is 5.88 Å². The highest BCUT2D eigenvalue weighted by atomic mass is 32.1. The molecule has 2 aliphatic heterocycles. The number of carboxylic acids is 1. The van der Waals surface area contributed by atoms with E-state index in [4.69, 9.17) is 19.4 Å². The zero-order valence-electron chi connectivity index (χ0n) is 16.5. The van der Waals surface area contributed by atoms with E-state index in [-0.39, 0.29) is 18.1 Å². The molecule has 0 spiro atoms. The van der Waals surface area contributed by atoms with Crippen molar-refractivity contribution in [3.8, 4) is 5.88 Å². The Morgan fingerprint density at radius 1 is 1.42 bits per heavy atom. The Bertz CT molecular complexity index is 895. The maximum absolute atomic E-state index is 13.9. The monoisotopic (exact) mass is 463 g/mol. The fraction of sp³-hybridized carbons (Fsp3) is 0.526. The van der Waals surface area contributed by atoms with Gasteiger partial charge in [0.2, 0.25) is 0 Å². The largest absolute Gasteiger partial charge is 0.490 e. The van der Waals surface area contributed by atoms with Crippen molar-refractivity contribution in [1.29, 1.82) is 0 Å². The van der Waals surface area contributed by atoms with Crippen molar-refractivity contribution in [3.63, 3.8) is 0 Å². The smallest absolute Gasteiger partial charge is 0.475 e. The van der Waals surface area contributed by atoms with E-state index in [9.17, 15) is 17.6 Å². The van der Waals surface area contributed by atoms with E-state index in [2.05, 4.69) is 14.9 Å². The summed E-state index contributed by atoms with van der Waals surface area (Å²) in [5.41, 5.74) is 2.96. The first-order valence-corrected chi connectivity index (χ1v) is 10.4. The van der Waals surface area contributed by atoms with Crippen LogP contribution in [0.15, 0.2) is 23.8 Å². The van der Waals surface area contributed by atoms with Gasteiger partial charge in [-0.15, -0.1) is 11.3 Å². The van der Waals surface area contributed by atoms with Crippen LogP contribution in [0, 0.1) is 12.7 Å². The number of nitrogens with zero attached hydrogens (tertiary/aromatic N) is 3. The lowest BCUT2D eigenvalue weighted by Crippen LogP contribution is -2.42. The Labute approximate surface area is 179 Å². The first-order chi connectivity index (χ1) is 14.7. The lowest BCUT2D eigenvalue weighted by atomic mass is 10.0. The van der Waals surface area contributed by atoms with Gasteiger partial charge in [-0.2, -0.15) is 13.2 Å². The highest BCUT2D eigenvalue weighted by Gasteiger charge is 2.46. The van der Waals surface area contributed by atoms with Gasteiger partial charge in [0.05, 0.1) is 11.2 Å². The second-order valence-electron chi connectivity index (χ2n) is 7.08. The Morgan fingerprint density at radius 3 is 2.77 bits per heavy atom. The van der Waals surface area contributed by atoms with Gasteiger partial charge in [-0.05, 0) is 31.9 Å². The minimum Gasteiger partial charge on any atom is -0.475 e. The van der Waals surface area contributed by atoms with Crippen LogP contribution in [0.2, 0.25) is 0 Å². The summed E-state index contributed by atoms with van der Waals surface area (Å²) in [5.74, 6) is -3.12. The number of alkyl halides is 3. The zero-order chi connectivity index (χ0) is 22.6. The van der Waals surface area contributed by atoms with Crippen molar-refractivity contribution in [2.45, 2.75) is 50.7 Å². The molecule has 0 aliphatic carbocycles. The third kappa shape index (κ3) is 5.89. The molecule has 2 saturated heterocycles. The van der Waals surface area contributed by atoms with E-state index >= 15 is 0 Å². The summed E-state index contributed by atoms with van der Waals surface area (Å²) in [5, 5.41) is 7.12. The fourth-order valence-electron chi connectivity index (χ4n) is 3.55. The summed E-state index contributed by atoms with van der Waals surface area (Å²) in [6, 6.07) is 3.24. The third-order valence-electron chi connectivity index (χ3n) is 5.01. The highest BCUT2D eigenvalue weighted by Crippen LogP contribution is 2.33. The number of carbonyl (C=O) groups is 1. The molecule has 0 amide bonds. The van der Waals surface area contributed by atoms with Crippen LogP contribution < -0.4 is 4.74 Å². The maximum Gasteiger partial charge on any atom is 0.490 e. The number of carboxylic acid groups (broad SMARTS) is 1. The molecule has 3 atom stereocenters. The van der Waals surface area contributed by atoms with E-state index in [0.29, 0.717) is 12.6 Å². The summed E-state index contributed by atoms with van der Waals surface area (Å²) in [6.07, 6.45) is -1.65. The predicted molar refractivity (Wildman–Crippen MR) is 102 cm³/mol. The van der Waals surface area contributed by atoms with Crippen LogP contribution in [0.1, 0.15) is 23.4 Å². The topological polar surface area (TPSA) is 84.8 Å². The minimum atomic E-state index is -5.08. The highest BCUT2D eigenvalue weighted by molar-refractivity contribution is 7.09. The lowest BCUT2D eigenvalue weighted by molar-refractivity contribution is -0.192. The first-order valence-electron chi connectivity index (χ1n) is 9.48. The molecule has 170 valence electrons. The van der Waals surface area contributed by atoms with E-state index in [0.717, 1.165) is 31.7 Å². The van der Waals surface area contributed by atoms with Crippen LogP contribution in [0.4, 0.5) is 17.6 Å². The fourth-order valence-corrected chi connectivity index (χ4v) is 4.35. The van der Waals surface area contributed by atoms with Crippen LogP contribution in [0.5, 0.6) is 5.88 Å². The van der Waals surface area contributed by atoms with Crippen molar-refractivity contribution in [2.75, 3.05) is 13.2 Å². The number of thiazole rings is 1. The maximum atomic E-state index is 13.9. The van der Waals surface area contributed by atoms with Crippen molar-refractivity contribution in [2.24, 2.45) is 0 Å². The first kappa shape index (κ1) is 23.4. The molecule has 4 rings (SSSR count). The van der Waals surface area contributed by atoms with Gasteiger partial charge in [0.15, 0.2) is 5.82 Å². The van der Waals surface area contributed by atoms with Gasteiger partial charge >= 0.3 is 12.1 Å². The number of pyridine rings is 1. The summed E-state index contributed by atoms with van der Waals surface area (Å²) >= 11 is 1.68. The summed E-state index contributed by atoms with van der Waals surface area (Å²) in [4.78, 5) is 20.9. The zero-order valence-corrected chi connectivity index (χ0v) is 17.3. The van der Waals surface area contributed by atoms with Gasteiger partial charge in [-0.1, -0.05) is 0 Å². The number of rotatable bonds is 4. The molecule has 0 unspecified atom stereocenters. The van der Waals surface area contributed by atoms with Crippen molar-refractivity contribution >= 4 is 17.3 Å². The summed E-state index contributed by atoms with van der Waals surface area (Å²) in [7, 11) is 0. The number of halogens is 4. The van der Waals surface area contributed by atoms with Crippen molar-refractivity contribution < 1.29 is 36.9 Å². The molecule has 12 heteroatoms. The number of aryl methyl sites for hydroxylation is 1. The van der Waals surface area contributed by atoms with Gasteiger partial charge in [0, 0.05) is 36.8 Å². The van der Waals surface area contributed by atoms with Crippen LogP contribution in [-0.4, -0.2) is 63.5 Å². The second kappa shape index (κ2) is 9.88. The molecule has 7 nitrogen and oxygen atoms in total. The number of likely N-dealkylation sites (tertiary alicyclic amines) is 1. The van der Waals surface area contributed by atoms with Gasteiger partial charge in [-0.25, -0.2) is 19.2 Å². The Balaban J connectivity index is 0.000000339. The number of hydrogen-bond donors (Lipinski definition) is 1. The van der Waals surface area contributed by atoms with Crippen LogP contribution >= 0.6 is 11.3 Å². The normalized spacial score (nSPS) is 23.6. The Morgan fingerprint density at radius 2 is 2.16 bits per heavy atom. The average Bonchev–Trinajstić information content (AvgIpc) is 3.28. The summed E-state index contributed by atoms with van der Waals surface area (Å²) < 4.78 is 57.5. The van der Waals surface area contributed by atoms with E-state index < -0.39 is 18.0 Å². The molecule has 31 heavy (non-hydrogen) atoms. The number of aliphatic carboxylic acids is 1. The number of fused-ring (bicyclic) bond motifs is 1. The molecular formula is C19H21F4N3O4S. The second-order valence-corrected chi connectivity index (χ2v) is 8.02. The van der Waals surface area contributed by atoms with Gasteiger partial charge < -0.3 is 14.6 Å². The Hall–Kier alpha value is -2.31. The number of hydrogen-bond acceptors (Lipinski definition) is 7. The third-order valence-corrected chi connectivity index (χ3v) is 5.93. The molecule has 4 heterocycles. The van der Waals surface area contributed by atoms with E-state index in [1.165, 1.54) is 10.9 Å². The van der Waals surface area contributed by atoms with Crippen molar-refractivity contribution in [3.05, 3.63) is 40.2 Å². The molecule has 0 bridgehead atoms. The van der Waals surface area contributed by atoms with Crippen LogP contribution in [0.3, 0.4) is 0 Å². The van der Waals surface area contributed by atoms with E-state index in [1.54, 1.807) is 23.6 Å². The van der Waals surface area contributed by atoms with Crippen molar-refractivity contribution in [1.82, 2.24) is 14.9 Å².